The Bertz CT molecular complexity index is 249. The van der Waals surface area contributed by atoms with Gasteiger partial charge in [-0.2, -0.15) is 0 Å². The summed E-state index contributed by atoms with van der Waals surface area (Å²) < 4.78 is 5.35. The van der Waals surface area contributed by atoms with Crippen LogP contribution in [0.1, 0.15) is 27.2 Å². The molecule has 5 atom stereocenters. The molecule has 1 aliphatic heterocycles. The van der Waals surface area contributed by atoms with Crippen LogP contribution in [0.15, 0.2) is 12.7 Å². The van der Waals surface area contributed by atoms with Crippen molar-refractivity contribution >= 4 is 5.97 Å². The van der Waals surface area contributed by atoms with Gasteiger partial charge >= 0.3 is 5.97 Å². The van der Waals surface area contributed by atoms with E-state index in [1.54, 1.807) is 6.92 Å². The highest BCUT2D eigenvalue weighted by molar-refractivity contribution is 5.73. The molecular formula is C12H20O3. The second-order valence-electron chi connectivity index (χ2n) is 4.54. The topological polar surface area (TPSA) is 46.5 Å². The van der Waals surface area contributed by atoms with Crippen molar-refractivity contribution in [2.75, 3.05) is 0 Å². The molecule has 0 spiro atoms. The summed E-state index contributed by atoms with van der Waals surface area (Å²) in [5.74, 6) is -0.495. The Morgan fingerprint density at radius 2 is 2.20 bits per heavy atom. The fourth-order valence-corrected chi connectivity index (χ4v) is 2.17. The highest BCUT2D eigenvalue weighted by atomic mass is 16.5. The van der Waals surface area contributed by atoms with Crippen LogP contribution >= 0.6 is 0 Å². The van der Waals surface area contributed by atoms with E-state index in [4.69, 9.17) is 4.74 Å². The normalized spacial score (nSPS) is 38.3. The molecule has 0 aromatic rings. The molecule has 2 unspecified atom stereocenters. The van der Waals surface area contributed by atoms with E-state index in [-0.39, 0.29) is 23.9 Å². The van der Waals surface area contributed by atoms with Crippen molar-refractivity contribution < 1.29 is 14.6 Å². The smallest absolute Gasteiger partial charge is 0.311 e. The third-order valence-electron chi connectivity index (χ3n) is 3.29. The van der Waals surface area contributed by atoms with Crippen LogP contribution in [-0.2, 0) is 9.53 Å². The van der Waals surface area contributed by atoms with Gasteiger partial charge in [0.25, 0.3) is 0 Å². The van der Waals surface area contributed by atoms with Gasteiger partial charge in [0.15, 0.2) is 0 Å². The third-order valence-corrected chi connectivity index (χ3v) is 3.29. The zero-order valence-corrected chi connectivity index (χ0v) is 9.64. The van der Waals surface area contributed by atoms with Crippen LogP contribution in [0, 0.1) is 17.8 Å². The van der Waals surface area contributed by atoms with Gasteiger partial charge in [0.2, 0.25) is 0 Å². The van der Waals surface area contributed by atoms with Crippen molar-refractivity contribution in [1.29, 1.82) is 0 Å². The summed E-state index contributed by atoms with van der Waals surface area (Å²) in [5, 5.41) is 9.88. The van der Waals surface area contributed by atoms with E-state index < -0.39 is 12.0 Å². The number of hydrogen-bond donors (Lipinski definition) is 1. The van der Waals surface area contributed by atoms with E-state index in [9.17, 15) is 9.90 Å². The van der Waals surface area contributed by atoms with E-state index in [1.165, 1.54) is 0 Å². The lowest BCUT2D eigenvalue weighted by Crippen LogP contribution is -2.48. The largest absolute Gasteiger partial charge is 0.461 e. The fraction of sp³-hybridized carbons (Fsp3) is 0.750. The predicted octanol–water partition coefficient (Wildman–Crippen LogP) is 1.76. The Labute approximate surface area is 91.1 Å². The molecule has 1 fully saturated rings. The van der Waals surface area contributed by atoms with Gasteiger partial charge in [0.05, 0.1) is 12.0 Å². The van der Waals surface area contributed by atoms with E-state index >= 15 is 0 Å². The van der Waals surface area contributed by atoms with Crippen molar-refractivity contribution in [2.45, 2.75) is 39.4 Å². The number of carbonyl (C=O) groups excluding carboxylic acids is 1. The molecule has 0 amide bonds. The molecule has 1 N–H and O–H groups in total. The Balaban J connectivity index is 2.73. The quantitative estimate of drug-likeness (QED) is 0.572. The number of rotatable bonds is 3. The minimum Gasteiger partial charge on any atom is -0.461 e. The number of carbonyl (C=O) groups is 1. The number of ether oxygens (including phenoxy) is 1. The number of aliphatic hydroxyl groups is 1. The summed E-state index contributed by atoms with van der Waals surface area (Å²) >= 11 is 0. The summed E-state index contributed by atoms with van der Waals surface area (Å²) in [7, 11) is 0. The van der Waals surface area contributed by atoms with Crippen molar-refractivity contribution in [2.24, 2.45) is 17.8 Å². The molecule has 0 radical (unpaired) electrons. The van der Waals surface area contributed by atoms with Crippen molar-refractivity contribution in [3.8, 4) is 0 Å². The summed E-state index contributed by atoms with van der Waals surface area (Å²) in [5.41, 5.74) is 0. The average molecular weight is 212 g/mol. The van der Waals surface area contributed by atoms with Crippen LogP contribution in [0.4, 0.5) is 0 Å². The van der Waals surface area contributed by atoms with E-state index in [2.05, 4.69) is 6.58 Å². The summed E-state index contributed by atoms with van der Waals surface area (Å²) in [6, 6.07) is 0. The molecule has 0 aromatic carbocycles. The van der Waals surface area contributed by atoms with E-state index in [0.29, 0.717) is 0 Å². The number of cyclic esters (lactones) is 1. The first-order valence-electron chi connectivity index (χ1n) is 5.48. The lowest BCUT2D eigenvalue weighted by atomic mass is 9.80. The molecule has 0 bridgehead atoms. The molecule has 3 heteroatoms. The van der Waals surface area contributed by atoms with Gasteiger partial charge in [-0.1, -0.05) is 19.9 Å². The molecule has 86 valence electrons. The Hall–Kier alpha value is -0.830. The minimum absolute atomic E-state index is 0.00681. The molecule has 0 saturated carbocycles. The van der Waals surface area contributed by atoms with Crippen LogP contribution in [0.25, 0.3) is 0 Å². The Kier molecular flexibility index (Phi) is 3.91. The first kappa shape index (κ1) is 12.2. The molecule has 15 heavy (non-hydrogen) atoms. The lowest BCUT2D eigenvalue weighted by molar-refractivity contribution is -0.182. The predicted molar refractivity (Wildman–Crippen MR) is 58.2 cm³/mol. The zero-order valence-electron chi connectivity index (χ0n) is 9.64. The molecule has 1 rings (SSSR count). The first-order valence-corrected chi connectivity index (χ1v) is 5.48. The zero-order chi connectivity index (χ0) is 11.6. The number of esters is 1. The highest BCUT2D eigenvalue weighted by Crippen LogP contribution is 2.31. The van der Waals surface area contributed by atoms with Crippen LogP contribution in [0.5, 0.6) is 0 Å². The summed E-state index contributed by atoms with van der Waals surface area (Å²) in [6.07, 6.45) is 1.82. The van der Waals surface area contributed by atoms with Gasteiger partial charge in [0, 0.05) is 5.92 Å². The maximum Gasteiger partial charge on any atom is 0.311 e. The SMILES string of the molecule is C=CC[C@H](C)[C@@H]1OC(=O)C(C)C(O)[C@@H]1C. The number of allylic oxidation sites excluding steroid dienone is 1. The molecular weight excluding hydrogens is 192 g/mol. The standard InChI is InChI=1S/C12H20O3/c1-5-6-7(2)11-8(3)10(13)9(4)12(14)15-11/h5,7-11,13H,1,6H2,2-4H3/t7-,8-,9?,10?,11-/m0/s1. The van der Waals surface area contributed by atoms with Crippen LogP contribution in [-0.4, -0.2) is 23.3 Å². The molecule has 1 aliphatic rings. The van der Waals surface area contributed by atoms with Gasteiger partial charge in [-0.15, -0.1) is 6.58 Å². The molecule has 1 heterocycles. The Morgan fingerprint density at radius 1 is 1.60 bits per heavy atom. The third kappa shape index (κ3) is 2.40. The van der Waals surface area contributed by atoms with Gasteiger partial charge in [-0.3, -0.25) is 4.79 Å². The highest BCUT2D eigenvalue weighted by Gasteiger charge is 2.42. The monoisotopic (exact) mass is 212 g/mol. The van der Waals surface area contributed by atoms with Crippen molar-refractivity contribution in [1.82, 2.24) is 0 Å². The number of aliphatic hydroxyl groups excluding tert-OH is 1. The Morgan fingerprint density at radius 3 is 2.73 bits per heavy atom. The summed E-state index contributed by atoms with van der Waals surface area (Å²) in [6.45, 7) is 9.32. The first-order chi connectivity index (χ1) is 6.99. The summed E-state index contributed by atoms with van der Waals surface area (Å²) in [4.78, 5) is 11.5. The number of hydrogen-bond acceptors (Lipinski definition) is 3. The minimum atomic E-state index is -0.594. The fourth-order valence-electron chi connectivity index (χ4n) is 2.17. The van der Waals surface area contributed by atoms with Gasteiger partial charge in [-0.25, -0.2) is 0 Å². The van der Waals surface area contributed by atoms with E-state index in [0.717, 1.165) is 6.42 Å². The maximum absolute atomic E-state index is 11.5. The maximum atomic E-state index is 11.5. The molecule has 3 nitrogen and oxygen atoms in total. The molecule has 0 aliphatic carbocycles. The lowest BCUT2D eigenvalue weighted by Gasteiger charge is -2.39. The van der Waals surface area contributed by atoms with Gasteiger partial charge < -0.3 is 9.84 Å². The van der Waals surface area contributed by atoms with Gasteiger partial charge in [0.1, 0.15) is 6.10 Å². The second kappa shape index (κ2) is 4.79. The molecule has 0 aromatic heterocycles. The van der Waals surface area contributed by atoms with Crippen LogP contribution in [0.3, 0.4) is 0 Å². The van der Waals surface area contributed by atoms with E-state index in [1.807, 2.05) is 19.9 Å². The second-order valence-corrected chi connectivity index (χ2v) is 4.54. The average Bonchev–Trinajstić information content (AvgIpc) is 2.20. The van der Waals surface area contributed by atoms with Gasteiger partial charge in [-0.05, 0) is 19.3 Å². The van der Waals surface area contributed by atoms with Crippen molar-refractivity contribution in [3.05, 3.63) is 12.7 Å². The van der Waals surface area contributed by atoms with Crippen molar-refractivity contribution in [3.63, 3.8) is 0 Å². The van der Waals surface area contributed by atoms with Crippen LogP contribution < -0.4 is 0 Å². The molecule has 1 saturated heterocycles. The van der Waals surface area contributed by atoms with Crippen LogP contribution in [0.2, 0.25) is 0 Å².